The minimum Gasteiger partial charge on any atom is -0.298 e. The number of benzene rings is 1. The van der Waals surface area contributed by atoms with Gasteiger partial charge in [-0.05, 0) is 24.3 Å². The molecule has 0 radical (unpaired) electrons. The second-order valence-electron chi connectivity index (χ2n) is 2.73. The van der Waals surface area contributed by atoms with Gasteiger partial charge in [0.2, 0.25) is 10.0 Å². The monoisotopic (exact) mass is 213 g/mol. The predicted octanol–water partition coefficient (Wildman–Crippen LogP) is 0.629. The maximum absolute atomic E-state index is 11.0. The van der Waals surface area contributed by atoms with E-state index in [0.717, 1.165) is 0 Å². The Morgan fingerprint density at radius 2 is 2.07 bits per heavy atom. The fourth-order valence-electron chi connectivity index (χ4n) is 1.09. The van der Waals surface area contributed by atoms with E-state index in [4.69, 9.17) is 10.0 Å². The van der Waals surface area contributed by atoms with Crippen LogP contribution < -0.4 is 10.0 Å². The van der Waals surface area contributed by atoms with E-state index in [1.54, 1.807) is 6.08 Å². The van der Waals surface area contributed by atoms with Crippen molar-refractivity contribution in [1.29, 1.82) is 0 Å². The highest BCUT2D eigenvalue weighted by molar-refractivity contribution is 7.89. The van der Waals surface area contributed by atoms with E-state index in [1.165, 1.54) is 24.5 Å². The van der Waals surface area contributed by atoms with Gasteiger partial charge in [0, 0.05) is 5.56 Å². The number of nitrogens with two attached hydrogens (primary N) is 1. The largest absolute Gasteiger partial charge is 0.298 e. The highest BCUT2D eigenvalue weighted by Gasteiger charge is 2.13. The van der Waals surface area contributed by atoms with Crippen molar-refractivity contribution in [2.75, 3.05) is 0 Å². The summed E-state index contributed by atoms with van der Waals surface area (Å²) in [4.78, 5) is 9.38. The molecule has 0 fully saturated rings. The molecule has 6 heteroatoms. The van der Waals surface area contributed by atoms with E-state index in [9.17, 15) is 8.42 Å². The average Bonchev–Trinajstić information content (AvgIpc) is 2.16. The minimum absolute atomic E-state index is 0.0476. The van der Waals surface area contributed by atoms with E-state index in [0.29, 0.717) is 11.3 Å². The van der Waals surface area contributed by atoms with Crippen LogP contribution in [0.2, 0.25) is 0 Å². The zero-order valence-electron chi connectivity index (χ0n) is 7.01. The summed E-state index contributed by atoms with van der Waals surface area (Å²) in [6.45, 7) is 0. The van der Waals surface area contributed by atoms with Crippen LogP contribution >= 0.6 is 0 Å². The van der Waals surface area contributed by atoms with E-state index >= 15 is 0 Å². The van der Waals surface area contributed by atoms with E-state index in [2.05, 4.69) is 4.89 Å². The summed E-state index contributed by atoms with van der Waals surface area (Å²) in [5.74, 6) is 0.458. The van der Waals surface area contributed by atoms with Crippen LogP contribution in [0.1, 0.15) is 5.56 Å². The Balaban J connectivity index is 2.56. The van der Waals surface area contributed by atoms with Gasteiger partial charge in [0.25, 0.3) is 0 Å². The Labute approximate surface area is 80.7 Å². The highest BCUT2D eigenvalue weighted by Crippen LogP contribution is 2.26. The molecule has 14 heavy (non-hydrogen) atoms. The minimum atomic E-state index is -3.67. The van der Waals surface area contributed by atoms with Crippen molar-refractivity contribution in [3.8, 4) is 5.75 Å². The standard InChI is InChI=1S/C8H7NO4S/c9-14(10,11)7-1-2-8-6(5-7)3-4-12-13-8/h1-5H,(H2,9,10,11). The SMILES string of the molecule is NS(=O)(=O)c1ccc2c(c1)C=COO2. The van der Waals surface area contributed by atoms with Crippen LogP contribution in [-0.4, -0.2) is 8.42 Å². The predicted molar refractivity (Wildman–Crippen MR) is 48.6 cm³/mol. The topological polar surface area (TPSA) is 78.6 Å². The molecule has 1 heterocycles. The molecule has 1 aromatic rings. The summed E-state index contributed by atoms with van der Waals surface area (Å²) in [6, 6.07) is 4.26. The molecule has 2 rings (SSSR count). The zero-order chi connectivity index (χ0) is 10.2. The second kappa shape index (κ2) is 3.00. The Morgan fingerprint density at radius 3 is 2.79 bits per heavy atom. The van der Waals surface area contributed by atoms with Crippen LogP contribution in [0.3, 0.4) is 0 Å². The summed E-state index contributed by atoms with van der Waals surface area (Å²) in [7, 11) is -3.67. The van der Waals surface area contributed by atoms with Crippen molar-refractivity contribution < 1.29 is 18.2 Å². The molecule has 0 aromatic heterocycles. The van der Waals surface area contributed by atoms with E-state index in [1.807, 2.05) is 0 Å². The Hall–Kier alpha value is -1.53. The van der Waals surface area contributed by atoms with E-state index < -0.39 is 10.0 Å². The number of primary sulfonamides is 1. The third-order valence-corrected chi connectivity index (χ3v) is 2.66. The van der Waals surface area contributed by atoms with Crippen molar-refractivity contribution in [3.63, 3.8) is 0 Å². The molecule has 1 aromatic carbocycles. The van der Waals surface area contributed by atoms with Crippen LogP contribution in [0, 0.1) is 0 Å². The van der Waals surface area contributed by atoms with Crippen molar-refractivity contribution in [2.24, 2.45) is 5.14 Å². The van der Waals surface area contributed by atoms with Crippen LogP contribution in [0.5, 0.6) is 5.75 Å². The maximum Gasteiger partial charge on any atom is 0.238 e. The molecular formula is C8H7NO4S. The molecule has 0 bridgehead atoms. The van der Waals surface area contributed by atoms with Crippen molar-refractivity contribution >= 4 is 16.1 Å². The molecule has 0 saturated heterocycles. The van der Waals surface area contributed by atoms with Gasteiger partial charge in [0.05, 0.1) is 4.90 Å². The molecule has 0 spiro atoms. The Bertz CT molecular complexity index is 492. The van der Waals surface area contributed by atoms with Crippen LogP contribution in [0.4, 0.5) is 0 Å². The Morgan fingerprint density at radius 1 is 1.29 bits per heavy atom. The van der Waals surface area contributed by atoms with Gasteiger partial charge in [0.1, 0.15) is 6.26 Å². The van der Waals surface area contributed by atoms with Gasteiger partial charge < -0.3 is 0 Å². The van der Waals surface area contributed by atoms with Gasteiger partial charge in [-0.3, -0.25) is 9.78 Å². The summed E-state index contributed by atoms with van der Waals surface area (Å²) >= 11 is 0. The van der Waals surface area contributed by atoms with Crippen molar-refractivity contribution in [3.05, 3.63) is 30.0 Å². The second-order valence-corrected chi connectivity index (χ2v) is 4.29. The number of sulfonamides is 1. The Kier molecular flexibility index (Phi) is 1.94. The third kappa shape index (κ3) is 1.57. The van der Waals surface area contributed by atoms with Gasteiger partial charge in [-0.1, -0.05) is 0 Å². The normalized spacial score (nSPS) is 14.1. The average molecular weight is 213 g/mol. The quantitative estimate of drug-likeness (QED) is 0.694. The number of rotatable bonds is 1. The van der Waals surface area contributed by atoms with Gasteiger partial charge >= 0.3 is 0 Å². The fourth-order valence-corrected chi connectivity index (χ4v) is 1.64. The first-order chi connectivity index (χ1) is 6.57. The lowest BCUT2D eigenvalue weighted by Crippen LogP contribution is -2.12. The first kappa shape index (κ1) is 9.04. The maximum atomic E-state index is 11.0. The summed E-state index contributed by atoms with van der Waals surface area (Å²) in [5, 5.41) is 4.97. The molecule has 0 saturated carbocycles. The molecule has 1 aliphatic rings. The van der Waals surface area contributed by atoms with Gasteiger partial charge in [-0.15, -0.1) is 0 Å². The number of fused-ring (bicyclic) bond motifs is 1. The molecule has 5 nitrogen and oxygen atoms in total. The molecule has 1 aliphatic heterocycles. The number of hydrogen-bond acceptors (Lipinski definition) is 4. The van der Waals surface area contributed by atoms with Crippen molar-refractivity contribution in [2.45, 2.75) is 4.90 Å². The van der Waals surface area contributed by atoms with Crippen molar-refractivity contribution in [1.82, 2.24) is 0 Å². The number of hydrogen-bond donors (Lipinski definition) is 1. The summed E-state index contributed by atoms with van der Waals surface area (Å²) in [6.07, 6.45) is 2.91. The molecule has 2 N–H and O–H groups in total. The highest BCUT2D eigenvalue weighted by atomic mass is 32.2. The fraction of sp³-hybridized carbons (Fsp3) is 0. The van der Waals surface area contributed by atoms with Gasteiger partial charge in [-0.2, -0.15) is 0 Å². The molecule has 0 unspecified atom stereocenters. The molecule has 0 amide bonds. The molecule has 74 valence electrons. The smallest absolute Gasteiger partial charge is 0.238 e. The van der Waals surface area contributed by atoms with E-state index in [-0.39, 0.29) is 4.90 Å². The first-order valence-electron chi connectivity index (χ1n) is 3.74. The lowest BCUT2D eigenvalue weighted by Gasteiger charge is -2.10. The first-order valence-corrected chi connectivity index (χ1v) is 5.29. The van der Waals surface area contributed by atoms with Gasteiger partial charge in [0.15, 0.2) is 5.75 Å². The molecule has 0 aliphatic carbocycles. The third-order valence-electron chi connectivity index (χ3n) is 1.75. The zero-order valence-corrected chi connectivity index (χ0v) is 7.82. The summed E-state index contributed by atoms with van der Waals surface area (Å²) < 4.78 is 22.0. The summed E-state index contributed by atoms with van der Waals surface area (Å²) in [5.41, 5.74) is 0.614. The van der Waals surface area contributed by atoms with Crippen LogP contribution in [0.25, 0.3) is 6.08 Å². The molecular weight excluding hydrogens is 206 g/mol. The van der Waals surface area contributed by atoms with Crippen LogP contribution in [-0.2, 0) is 14.9 Å². The van der Waals surface area contributed by atoms with Gasteiger partial charge in [-0.25, -0.2) is 13.6 Å². The van der Waals surface area contributed by atoms with Crippen LogP contribution in [0.15, 0.2) is 29.4 Å². The lowest BCUT2D eigenvalue weighted by atomic mass is 10.2. The molecule has 0 atom stereocenters. The lowest BCUT2D eigenvalue weighted by molar-refractivity contribution is -0.151.